The van der Waals surface area contributed by atoms with Gasteiger partial charge in [-0.2, -0.15) is 0 Å². The Kier molecular flexibility index (Phi) is 2.87. The average Bonchev–Trinajstić information content (AvgIpc) is 2.68. The van der Waals surface area contributed by atoms with Gasteiger partial charge in [0.1, 0.15) is 0 Å². The number of ketones is 1. The zero-order valence-electron chi connectivity index (χ0n) is 7.84. The maximum Gasteiger partial charge on any atom is 0.231 e. The Morgan fingerprint density at radius 2 is 1.94 bits per heavy atom. The fourth-order valence-corrected chi connectivity index (χ4v) is 1.55. The molecule has 0 spiro atoms. The molecule has 0 amide bonds. The molecule has 5 heteroatoms. The number of carbonyl (C=O) groups excluding carboxylic acids is 1. The summed E-state index contributed by atoms with van der Waals surface area (Å²) in [7, 11) is 0. The van der Waals surface area contributed by atoms with Gasteiger partial charge in [-0.05, 0) is 40.2 Å². The number of benzene rings is 1. The number of halogens is 3. The Morgan fingerprint density at radius 3 is 2.56 bits per heavy atom. The van der Waals surface area contributed by atoms with E-state index in [-0.39, 0.29) is 11.3 Å². The molecule has 0 unspecified atom stereocenters. The lowest BCUT2D eigenvalue weighted by atomic mass is 10.1. The third kappa shape index (κ3) is 1.90. The van der Waals surface area contributed by atoms with Gasteiger partial charge in [-0.25, -0.2) is 8.78 Å². The smallest absolute Gasteiger partial charge is 0.231 e. The minimum atomic E-state index is -1.17. The summed E-state index contributed by atoms with van der Waals surface area (Å²) < 4.78 is 31.5. The summed E-state index contributed by atoms with van der Waals surface area (Å²) in [4.78, 5) is 11.7. The molecule has 16 heavy (non-hydrogen) atoms. The van der Waals surface area contributed by atoms with Crippen molar-refractivity contribution in [2.45, 2.75) is 0 Å². The lowest BCUT2D eigenvalue weighted by Gasteiger charge is -2.00. The SMILES string of the molecule is O=C(c1ccc(Br)o1)c1cccc(F)c1F. The van der Waals surface area contributed by atoms with E-state index < -0.39 is 17.4 Å². The zero-order chi connectivity index (χ0) is 11.7. The Hall–Kier alpha value is -1.49. The maximum atomic E-state index is 13.3. The summed E-state index contributed by atoms with van der Waals surface area (Å²) in [5.74, 6) is -2.96. The summed E-state index contributed by atoms with van der Waals surface area (Å²) >= 11 is 3.02. The van der Waals surface area contributed by atoms with E-state index >= 15 is 0 Å². The normalized spacial score (nSPS) is 10.4. The van der Waals surface area contributed by atoms with E-state index in [0.29, 0.717) is 4.67 Å². The largest absolute Gasteiger partial charge is 0.446 e. The zero-order valence-corrected chi connectivity index (χ0v) is 9.42. The van der Waals surface area contributed by atoms with Crippen LogP contribution in [0.3, 0.4) is 0 Å². The molecular weight excluding hydrogens is 282 g/mol. The molecule has 2 rings (SSSR count). The second-order valence-electron chi connectivity index (χ2n) is 3.03. The minimum absolute atomic E-state index is 0.0450. The molecule has 0 N–H and O–H groups in total. The Morgan fingerprint density at radius 1 is 1.19 bits per heavy atom. The quantitative estimate of drug-likeness (QED) is 0.791. The average molecular weight is 287 g/mol. The lowest BCUT2D eigenvalue weighted by molar-refractivity contribution is 0.100. The van der Waals surface area contributed by atoms with Gasteiger partial charge in [0.05, 0.1) is 5.56 Å². The number of furan rings is 1. The molecule has 1 aromatic heterocycles. The van der Waals surface area contributed by atoms with Crippen molar-refractivity contribution in [1.82, 2.24) is 0 Å². The highest BCUT2D eigenvalue weighted by atomic mass is 79.9. The van der Waals surface area contributed by atoms with Crippen LogP contribution in [0.2, 0.25) is 0 Å². The van der Waals surface area contributed by atoms with Crippen molar-refractivity contribution in [3.8, 4) is 0 Å². The minimum Gasteiger partial charge on any atom is -0.446 e. The van der Waals surface area contributed by atoms with E-state index in [0.717, 1.165) is 6.07 Å². The van der Waals surface area contributed by atoms with Gasteiger partial charge in [0, 0.05) is 0 Å². The molecule has 1 aromatic carbocycles. The highest BCUT2D eigenvalue weighted by molar-refractivity contribution is 9.10. The first-order chi connectivity index (χ1) is 7.59. The molecule has 0 bridgehead atoms. The molecule has 1 heterocycles. The van der Waals surface area contributed by atoms with Crippen molar-refractivity contribution >= 4 is 21.7 Å². The Labute approximate surface area is 98.0 Å². The van der Waals surface area contributed by atoms with E-state index in [2.05, 4.69) is 15.9 Å². The van der Waals surface area contributed by atoms with Crippen LogP contribution in [0.25, 0.3) is 0 Å². The van der Waals surface area contributed by atoms with Crippen LogP contribution in [-0.4, -0.2) is 5.78 Å². The molecule has 0 saturated carbocycles. The second-order valence-corrected chi connectivity index (χ2v) is 3.82. The molecule has 0 fully saturated rings. The number of carbonyl (C=O) groups is 1. The molecule has 2 nitrogen and oxygen atoms in total. The molecule has 82 valence electrons. The second kappa shape index (κ2) is 4.17. The Balaban J connectivity index is 2.45. The van der Waals surface area contributed by atoms with Crippen LogP contribution in [0.1, 0.15) is 16.1 Å². The summed E-state index contributed by atoms with van der Waals surface area (Å²) in [5, 5.41) is 0. The molecule has 0 atom stereocenters. The van der Waals surface area contributed by atoms with E-state index in [1.165, 1.54) is 24.3 Å². The molecule has 0 saturated heterocycles. The van der Waals surface area contributed by atoms with Crippen LogP contribution in [-0.2, 0) is 0 Å². The first-order valence-corrected chi connectivity index (χ1v) is 5.13. The van der Waals surface area contributed by atoms with Crippen molar-refractivity contribution in [2.75, 3.05) is 0 Å². The monoisotopic (exact) mass is 286 g/mol. The maximum absolute atomic E-state index is 13.3. The van der Waals surface area contributed by atoms with Crippen LogP contribution in [0.4, 0.5) is 8.78 Å². The summed E-state index contributed by atoms with van der Waals surface area (Å²) in [6.07, 6.45) is 0. The molecule has 2 aromatic rings. The van der Waals surface area contributed by atoms with E-state index in [4.69, 9.17) is 4.42 Å². The molecule has 0 aliphatic carbocycles. The van der Waals surface area contributed by atoms with Gasteiger partial charge in [-0.3, -0.25) is 4.79 Å². The fourth-order valence-electron chi connectivity index (χ4n) is 1.25. The Bertz CT molecular complexity index is 549. The summed E-state index contributed by atoms with van der Waals surface area (Å²) in [5.41, 5.74) is -0.346. The summed E-state index contributed by atoms with van der Waals surface area (Å²) in [6.45, 7) is 0. The van der Waals surface area contributed by atoms with Gasteiger partial charge < -0.3 is 4.42 Å². The fraction of sp³-hybridized carbons (Fsp3) is 0. The van der Waals surface area contributed by atoms with Crippen LogP contribution >= 0.6 is 15.9 Å². The van der Waals surface area contributed by atoms with Gasteiger partial charge in [0.25, 0.3) is 0 Å². The van der Waals surface area contributed by atoms with Crippen LogP contribution in [0.15, 0.2) is 39.4 Å². The summed E-state index contributed by atoms with van der Waals surface area (Å²) in [6, 6.07) is 6.31. The third-order valence-electron chi connectivity index (χ3n) is 1.99. The van der Waals surface area contributed by atoms with Gasteiger partial charge in [-0.15, -0.1) is 0 Å². The number of rotatable bonds is 2. The standard InChI is InChI=1S/C11H5BrF2O2/c12-9-5-4-8(16-9)11(15)6-2-1-3-7(13)10(6)14/h1-5H. The van der Waals surface area contributed by atoms with Crippen molar-refractivity contribution in [1.29, 1.82) is 0 Å². The number of hydrogen-bond donors (Lipinski definition) is 0. The van der Waals surface area contributed by atoms with Crippen LogP contribution < -0.4 is 0 Å². The van der Waals surface area contributed by atoms with Gasteiger partial charge in [-0.1, -0.05) is 6.07 Å². The van der Waals surface area contributed by atoms with Gasteiger partial charge in [0.2, 0.25) is 5.78 Å². The molecular formula is C11H5BrF2O2. The van der Waals surface area contributed by atoms with Gasteiger partial charge in [0.15, 0.2) is 22.1 Å². The molecule has 0 radical (unpaired) electrons. The van der Waals surface area contributed by atoms with Crippen LogP contribution in [0, 0.1) is 11.6 Å². The first kappa shape index (κ1) is 11.0. The van der Waals surface area contributed by atoms with E-state index in [1.807, 2.05) is 0 Å². The molecule has 0 aliphatic heterocycles. The first-order valence-electron chi connectivity index (χ1n) is 4.33. The topological polar surface area (TPSA) is 30.2 Å². The third-order valence-corrected chi connectivity index (χ3v) is 2.42. The van der Waals surface area contributed by atoms with Crippen molar-refractivity contribution in [3.63, 3.8) is 0 Å². The van der Waals surface area contributed by atoms with E-state index in [9.17, 15) is 13.6 Å². The predicted octanol–water partition coefficient (Wildman–Crippen LogP) is 3.55. The number of hydrogen-bond acceptors (Lipinski definition) is 2. The van der Waals surface area contributed by atoms with Crippen molar-refractivity contribution in [2.24, 2.45) is 0 Å². The highest BCUT2D eigenvalue weighted by Crippen LogP contribution is 2.20. The van der Waals surface area contributed by atoms with Crippen LogP contribution in [0.5, 0.6) is 0 Å². The van der Waals surface area contributed by atoms with E-state index in [1.54, 1.807) is 0 Å². The van der Waals surface area contributed by atoms with Crippen molar-refractivity contribution < 1.29 is 18.0 Å². The van der Waals surface area contributed by atoms with Crippen molar-refractivity contribution in [3.05, 3.63) is 58.0 Å². The lowest BCUT2D eigenvalue weighted by Crippen LogP contribution is -2.04. The van der Waals surface area contributed by atoms with Gasteiger partial charge >= 0.3 is 0 Å². The predicted molar refractivity (Wildman–Crippen MR) is 56.2 cm³/mol. The highest BCUT2D eigenvalue weighted by Gasteiger charge is 2.19. The molecule has 0 aliphatic rings.